The summed E-state index contributed by atoms with van der Waals surface area (Å²) in [7, 11) is 2.29. The number of rotatable bonds is 2. The highest BCUT2D eigenvalue weighted by atomic mass is 31.0. The molecule has 3 heteroatoms. The van der Waals surface area contributed by atoms with E-state index in [1.807, 2.05) is 0 Å². The van der Waals surface area contributed by atoms with Crippen molar-refractivity contribution in [2.24, 2.45) is 0 Å². The summed E-state index contributed by atoms with van der Waals surface area (Å²) < 4.78 is 12.9. The van der Waals surface area contributed by atoms with Crippen molar-refractivity contribution in [2.45, 2.75) is 13.3 Å². The molecule has 0 amide bonds. The maximum absolute atomic E-state index is 12.9. The molecule has 0 aliphatic rings. The number of benzene rings is 1. The second-order valence-corrected chi connectivity index (χ2v) is 3.36. The molecule has 0 aliphatic heterocycles. The molecule has 1 nitrogen and oxygen atoms in total. The van der Waals surface area contributed by atoms with Crippen molar-refractivity contribution in [2.75, 3.05) is 0 Å². The van der Waals surface area contributed by atoms with Gasteiger partial charge in [-0.3, -0.25) is 4.79 Å². The summed E-state index contributed by atoms with van der Waals surface area (Å²) in [6.07, 6.45) is 0.307. The fraction of sp³-hybridized carbons (Fsp3) is 0.222. The molecule has 12 heavy (non-hydrogen) atoms. The Morgan fingerprint density at radius 3 is 2.75 bits per heavy atom. The minimum Gasteiger partial charge on any atom is -0.300 e. The van der Waals surface area contributed by atoms with E-state index in [2.05, 4.69) is 9.24 Å². The Bertz CT molecular complexity index is 309. The Balaban J connectivity index is 2.89. The Morgan fingerprint density at radius 1 is 1.58 bits per heavy atom. The van der Waals surface area contributed by atoms with Crippen LogP contribution in [0, 0.1) is 5.82 Å². The quantitative estimate of drug-likeness (QED) is 0.636. The maximum Gasteiger partial charge on any atom is 0.134 e. The first-order valence-electron chi connectivity index (χ1n) is 3.63. The number of carbonyl (C=O) groups is 1. The Labute approximate surface area is 73.2 Å². The molecule has 0 radical (unpaired) electrons. The van der Waals surface area contributed by atoms with Crippen LogP contribution in [0.25, 0.3) is 0 Å². The van der Waals surface area contributed by atoms with Gasteiger partial charge >= 0.3 is 0 Å². The van der Waals surface area contributed by atoms with E-state index in [1.54, 1.807) is 12.1 Å². The second kappa shape index (κ2) is 3.77. The van der Waals surface area contributed by atoms with Crippen LogP contribution in [0.15, 0.2) is 18.2 Å². The number of hydrogen-bond donors (Lipinski definition) is 0. The van der Waals surface area contributed by atoms with Crippen molar-refractivity contribution in [3.63, 3.8) is 0 Å². The molecule has 0 bridgehead atoms. The van der Waals surface area contributed by atoms with E-state index in [-0.39, 0.29) is 11.6 Å². The minimum absolute atomic E-state index is 0.0471. The van der Waals surface area contributed by atoms with Gasteiger partial charge in [0.2, 0.25) is 0 Å². The topological polar surface area (TPSA) is 17.1 Å². The third kappa shape index (κ3) is 2.38. The van der Waals surface area contributed by atoms with E-state index >= 15 is 0 Å². The van der Waals surface area contributed by atoms with Crippen molar-refractivity contribution in [1.82, 2.24) is 0 Å². The predicted octanol–water partition coefficient (Wildman–Crippen LogP) is 1.46. The summed E-state index contributed by atoms with van der Waals surface area (Å²) in [6, 6.07) is 4.80. The lowest BCUT2D eigenvalue weighted by molar-refractivity contribution is -0.116. The molecular weight excluding hydrogens is 174 g/mol. The number of carbonyl (C=O) groups excluding carboxylic acids is 1. The molecule has 64 valence electrons. The van der Waals surface area contributed by atoms with Crippen LogP contribution in [0.4, 0.5) is 4.39 Å². The van der Waals surface area contributed by atoms with Gasteiger partial charge in [-0.1, -0.05) is 12.1 Å². The van der Waals surface area contributed by atoms with Crippen LogP contribution < -0.4 is 5.30 Å². The molecule has 1 aromatic rings. The van der Waals surface area contributed by atoms with Gasteiger partial charge < -0.3 is 0 Å². The van der Waals surface area contributed by atoms with Crippen molar-refractivity contribution in [3.8, 4) is 0 Å². The first-order chi connectivity index (χ1) is 5.59. The maximum atomic E-state index is 12.9. The van der Waals surface area contributed by atoms with E-state index in [0.29, 0.717) is 11.7 Å². The number of hydrogen-bond acceptors (Lipinski definition) is 1. The molecular formula is C9H10FOP. The lowest BCUT2D eigenvalue weighted by Gasteiger charge is -1.99. The molecule has 0 saturated heterocycles. The predicted molar refractivity (Wildman–Crippen MR) is 50.1 cm³/mol. The highest BCUT2D eigenvalue weighted by Gasteiger charge is 2.01. The minimum atomic E-state index is -0.279. The monoisotopic (exact) mass is 184 g/mol. The van der Waals surface area contributed by atoms with Crippen molar-refractivity contribution in [3.05, 3.63) is 29.6 Å². The van der Waals surface area contributed by atoms with E-state index in [1.165, 1.54) is 13.0 Å². The zero-order valence-corrected chi connectivity index (χ0v) is 7.96. The lowest BCUT2D eigenvalue weighted by atomic mass is 10.1. The van der Waals surface area contributed by atoms with E-state index in [0.717, 1.165) is 5.56 Å². The van der Waals surface area contributed by atoms with E-state index in [4.69, 9.17) is 0 Å². The SMILES string of the molecule is CC(=O)Cc1ccc(P)c(F)c1. The van der Waals surface area contributed by atoms with E-state index < -0.39 is 0 Å². The van der Waals surface area contributed by atoms with Gasteiger partial charge in [0.05, 0.1) is 0 Å². The number of Topliss-reactive ketones (excluding diaryl/α,β-unsaturated/α-hetero) is 1. The molecule has 0 spiro atoms. The van der Waals surface area contributed by atoms with Gasteiger partial charge in [-0.25, -0.2) is 4.39 Å². The zero-order valence-electron chi connectivity index (χ0n) is 6.80. The van der Waals surface area contributed by atoms with Crippen LogP contribution in [0.5, 0.6) is 0 Å². The van der Waals surface area contributed by atoms with Gasteiger partial charge in [-0.15, -0.1) is 9.24 Å². The summed E-state index contributed by atoms with van der Waals surface area (Å²) in [5.74, 6) is -0.232. The molecule has 1 unspecified atom stereocenters. The van der Waals surface area contributed by atoms with Gasteiger partial charge in [-0.05, 0) is 18.6 Å². The van der Waals surface area contributed by atoms with Crippen LogP contribution in [-0.2, 0) is 11.2 Å². The molecule has 1 rings (SSSR count). The van der Waals surface area contributed by atoms with Crippen LogP contribution >= 0.6 is 9.24 Å². The van der Waals surface area contributed by atoms with Crippen LogP contribution in [0.1, 0.15) is 12.5 Å². The fourth-order valence-electron chi connectivity index (χ4n) is 0.968. The second-order valence-electron chi connectivity index (χ2n) is 2.73. The summed E-state index contributed by atoms with van der Waals surface area (Å²) in [5, 5.41) is 0.530. The van der Waals surface area contributed by atoms with Crippen LogP contribution in [-0.4, -0.2) is 5.78 Å². The Morgan fingerprint density at radius 2 is 2.25 bits per heavy atom. The molecule has 0 saturated carbocycles. The molecule has 1 aromatic carbocycles. The largest absolute Gasteiger partial charge is 0.300 e. The number of halogens is 1. The third-order valence-corrected chi connectivity index (χ3v) is 1.99. The smallest absolute Gasteiger partial charge is 0.134 e. The van der Waals surface area contributed by atoms with Gasteiger partial charge in [0, 0.05) is 11.7 Å². The van der Waals surface area contributed by atoms with Crippen molar-refractivity contribution < 1.29 is 9.18 Å². The average Bonchev–Trinajstić information content (AvgIpc) is 1.96. The van der Waals surface area contributed by atoms with Crippen LogP contribution in [0.3, 0.4) is 0 Å². The fourth-order valence-corrected chi connectivity index (χ4v) is 1.15. The van der Waals surface area contributed by atoms with Gasteiger partial charge in [0.15, 0.2) is 0 Å². The van der Waals surface area contributed by atoms with Crippen LogP contribution in [0.2, 0.25) is 0 Å². The average molecular weight is 184 g/mol. The first kappa shape index (κ1) is 9.34. The molecule has 0 fully saturated rings. The standard InChI is InChI=1S/C9H10FOP/c1-6(11)4-7-2-3-9(12)8(10)5-7/h2-3,5H,4,12H2,1H3. The molecule has 1 atom stereocenters. The summed E-state index contributed by atoms with van der Waals surface area (Å²) in [6.45, 7) is 1.49. The summed E-state index contributed by atoms with van der Waals surface area (Å²) in [4.78, 5) is 10.7. The zero-order chi connectivity index (χ0) is 9.14. The Hall–Kier alpha value is -0.750. The molecule has 0 heterocycles. The third-order valence-electron chi connectivity index (χ3n) is 1.52. The highest BCUT2D eigenvalue weighted by molar-refractivity contribution is 7.27. The lowest BCUT2D eigenvalue weighted by Crippen LogP contribution is -2.02. The molecule has 0 aromatic heterocycles. The first-order valence-corrected chi connectivity index (χ1v) is 4.20. The van der Waals surface area contributed by atoms with Gasteiger partial charge in [0.25, 0.3) is 0 Å². The summed E-state index contributed by atoms with van der Waals surface area (Å²) in [5.41, 5.74) is 0.728. The van der Waals surface area contributed by atoms with Gasteiger partial charge in [-0.2, -0.15) is 0 Å². The van der Waals surface area contributed by atoms with Gasteiger partial charge in [0.1, 0.15) is 11.6 Å². The van der Waals surface area contributed by atoms with E-state index in [9.17, 15) is 9.18 Å². The molecule has 0 N–H and O–H groups in total. The number of ketones is 1. The normalized spacial score (nSPS) is 9.92. The highest BCUT2D eigenvalue weighted by Crippen LogP contribution is 2.05. The molecule has 0 aliphatic carbocycles. The Kier molecular flexibility index (Phi) is 2.93. The van der Waals surface area contributed by atoms with Crippen molar-refractivity contribution in [1.29, 1.82) is 0 Å². The van der Waals surface area contributed by atoms with Crippen molar-refractivity contribution >= 4 is 20.3 Å². The summed E-state index contributed by atoms with van der Waals surface area (Å²) >= 11 is 0.